The lowest BCUT2D eigenvalue weighted by atomic mass is 10.1. The summed E-state index contributed by atoms with van der Waals surface area (Å²) in [6.07, 6.45) is 3.66. The molecule has 0 radical (unpaired) electrons. The van der Waals surface area contributed by atoms with Gasteiger partial charge in [0.1, 0.15) is 6.54 Å². The number of aromatic nitrogens is 2. The molecule has 0 saturated carbocycles. The smallest absolute Gasteiger partial charge is 0.253 e. The van der Waals surface area contributed by atoms with E-state index < -0.39 is 0 Å². The lowest BCUT2D eigenvalue weighted by molar-refractivity contribution is -0.133. The minimum absolute atomic E-state index is 0.0757. The van der Waals surface area contributed by atoms with Crippen LogP contribution in [-0.2, 0) is 22.6 Å². The van der Waals surface area contributed by atoms with E-state index in [2.05, 4.69) is 38.1 Å². The summed E-state index contributed by atoms with van der Waals surface area (Å²) in [4.78, 5) is 44.5. The maximum absolute atomic E-state index is 13.0. The zero-order valence-corrected chi connectivity index (χ0v) is 21.5. The van der Waals surface area contributed by atoms with E-state index in [0.717, 1.165) is 26.1 Å². The van der Waals surface area contributed by atoms with Crippen LogP contribution in [0.5, 0.6) is 0 Å². The summed E-state index contributed by atoms with van der Waals surface area (Å²) in [5.74, 6) is -0.495. The monoisotopic (exact) mass is 543 g/mol. The number of rotatable bonds is 8. The van der Waals surface area contributed by atoms with Gasteiger partial charge < -0.3 is 20.1 Å². The molecule has 1 saturated heterocycles. The van der Waals surface area contributed by atoms with Gasteiger partial charge in [0.25, 0.3) is 5.91 Å². The fraction of sp³-hybridized carbons (Fsp3) is 0.333. The topological polar surface area (TPSA) is 96.3 Å². The Morgan fingerprint density at radius 1 is 1.29 bits per heavy atom. The van der Waals surface area contributed by atoms with Crippen molar-refractivity contribution in [2.45, 2.75) is 32.9 Å². The molecule has 10 heteroatoms. The highest BCUT2D eigenvalue weighted by atomic mass is 79.9. The van der Waals surface area contributed by atoms with Gasteiger partial charge in [0.05, 0.1) is 22.3 Å². The summed E-state index contributed by atoms with van der Waals surface area (Å²) >= 11 is 5.12. The molecule has 3 amide bonds. The number of thiazole rings is 1. The number of fused-ring (bicyclic) bond motifs is 1. The van der Waals surface area contributed by atoms with Gasteiger partial charge in [0, 0.05) is 52.5 Å². The molecule has 2 aromatic heterocycles. The van der Waals surface area contributed by atoms with Crippen molar-refractivity contribution in [1.29, 1.82) is 0 Å². The molecule has 3 heterocycles. The number of nitrogens with zero attached hydrogens (tertiary/aromatic N) is 3. The van der Waals surface area contributed by atoms with Crippen LogP contribution in [-0.4, -0.2) is 57.8 Å². The highest BCUT2D eigenvalue weighted by Crippen LogP contribution is 2.25. The molecule has 0 spiro atoms. The van der Waals surface area contributed by atoms with Crippen LogP contribution in [0, 0.1) is 13.8 Å². The van der Waals surface area contributed by atoms with Gasteiger partial charge in [-0.1, -0.05) is 22.5 Å². The Bertz CT molecular complexity index is 1260. The number of carbonyl (C=O) groups excluding carboxylic acids is 3. The molecule has 1 aliphatic rings. The van der Waals surface area contributed by atoms with Gasteiger partial charge in [-0.15, -0.1) is 11.3 Å². The summed E-state index contributed by atoms with van der Waals surface area (Å²) in [7, 11) is 0. The Morgan fingerprint density at radius 3 is 2.74 bits per heavy atom. The maximum Gasteiger partial charge on any atom is 0.253 e. The molecule has 1 aliphatic heterocycles. The van der Waals surface area contributed by atoms with Crippen LogP contribution in [0.1, 0.15) is 25.9 Å². The average molecular weight is 544 g/mol. The molecular weight excluding hydrogens is 518 g/mol. The number of hydrogen-bond acceptors (Lipinski definition) is 5. The summed E-state index contributed by atoms with van der Waals surface area (Å²) in [5, 5.41) is 7.69. The molecule has 3 aromatic rings. The van der Waals surface area contributed by atoms with E-state index in [0.29, 0.717) is 31.6 Å². The van der Waals surface area contributed by atoms with Crippen molar-refractivity contribution >= 4 is 55.9 Å². The summed E-state index contributed by atoms with van der Waals surface area (Å²) < 4.78 is 2.64. The predicted molar refractivity (Wildman–Crippen MR) is 136 cm³/mol. The Hall–Kier alpha value is -2.98. The standard InChI is InChI=1S/C24H26BrN5O3S/c1-4-23(32)30-10-17(11-30)28-21(31)13-29-12-19(18-9-16(25)5-6-20(18)29)24(33)26-8-7-22-27-14(2)15(3)34-22/h4-6,9,12,17H,1,7-8,10-11,13H2,2-3H3,(H,26,33)(H,28,31). The van der Waals surface area contributed by atoms with Gasteiger partial charge >= 0.3 is 0 Å². The molecule has 4 rings (SSSR count). The molecule has 1 aromatic carbocycles. The third kappa shape index (κ3) is 5.23. The van der Waals surface area contributed by atoms with Gasteiger partial charge in [0.2, 0.25) is 11.8 Å². The molecule has 0 unspecified atom stereocenters. The summed E-state index contributed by atoms with van der Waals surface area (Å²) in [6, 6.07) is 5.58. The fourth-order valence-electron chi connectivity index (χ4n) is 3.91. The number of carbonyl (C=O) groups is 3. The van der Waals surface area contributed by atoms with Crippen LogP contribution in [0.25, 0.3) is 10.9 Å². The van der Waals surface area contributed by atoms with Crippen LogP contribution >= 0.6 is 27.3 Å². The first-order chi connectivity index (χ1) is 16.2. The van der Waals surface area contributed by atoms with Gasteiger partial charge in [-0.05, 0) is 38.1 Å². The van der Waals surface area contributed by atoms with Crippen LogP contribution in [0.15, 0.2) is 41.5 Å². The Kier molecular flexibility index (Phi) is 7.18. The van der Waals surface area contributed by atoms with E-state index in [9.17, 15) is 14.4 Å². The number of nitrogens with one attached hydrogen (secondary N) is 2. The van der Waals surface area contributed by atoms with Gasteiger partial charge in [-0.2, -0.15) is 0 Å². The van der Waals surface area contributed by atoms with Crippen molar-refractivity contribution in [3.05, 3.63) is 62.7 Å². The van der Waals surface area contributed by atoms with Crippen LogP contribution in [0.2, 0.25) is 0 Å². The van der Waals surface area contributed by atoms with Crippen LogP contribution < -0.4 is 10.6 Å². The van der Waals surface area contributed by atoms with Crippen molar-refractivity contribution in [1.82, 2.24) is 25.1 Å². The SMILES string of the molecule is C=CC(=O)N1CC(NC(=O)Cn2cc(C(=O)NCCc3nc(C)c(C)s3)c3cc(Br)ccc32)C1. The number of aryl methyl sites for hydroxylation is 2. The third-order valence-electron chi connectivity index (χ3n) is 5.83. The van der Waals surface area contributed by atoms with Crippen molar-refractivity contribution < 1.29 is 14.4 Å². The second-order valence-corrected chi connectivity index (χ2v) is 10.5. The molecular formula is C24H26BrN5O3S. The normalized spacial score (nSPS) is 13.6. The van der Waals surface area contributed by atoms with Gasteiger partial charge in [0.15, 0.2) is 0 Å². The van der Waals surface area contributed by atoms with Crippen molar-refractivity contribution in [2.24, 2.45) is 0 Å². The highest BCUT2D eigenvalue weighted by Gasteiger charge is 2.30. The number of halogens is 1. The van der Waals surface area contributed by atoms with E-state index in [1.54, 1.807) is 27.0 Å². The molecule has 8 nitrogen and oxygen atoms in total. The number of hydrogen-bond donors (Lipinski definition) is 2. The first kappa shape index (κ1) is 24.2. The number of benzene rings is 1. The zero-order chi connectivity index (χ0) is 24.4. The summed E-state index contributed by atoms with van der Waals surface area (Å²) in [6.45, 7) is 9.01. The fourth-order valence-corrected chi connectivity index (χ4v) is 5.21. The number of likely N-dealkylation sites (tertiary alicyclic amines) is 1. The average Bonchev–Trinajstić information content (AvgIpc) is 3.28. The number of amides is 3. The first-order valence-corrected chi connectivity index (χ1v) is 12.6. The van der Waals surface area contributed by atoms with Crippen LogP contribution in [0.3, 0.4) is 0 Å². The Balaban J connectivity index is 1.42. The van der Waals surface area contributed by atoms with E-state index >= 15 is 0 Å². The maximum atomic E-state index is 13.0. The molecule has 2 N–H and O–H groups in total. The second kappa shape index (κ2) is 10.1. The minimum atomic E-state index is -0.190. The van der Waals surface area contributed by atoms with Gasteiger partial charge in [-0.3, -0.25) is 14.4 Å². The predicted octanol–water partition coefficient (Wildman–Crippen LogP) is 2.96. The lowest BCUT2D eigenvalue weighted by Gasteiger charge is -2.38. The third-order valence-corrected chi connectivity index (χ3v) is 7.46. The molecule has 0 bridgehead atoms. The highest BCUT2D eigenvalue weighted by molar-refractivity contribution is 9.10. The van der Waals surface area contributed by atoms with E-state index in [1.807, 2.05) is 32.0 Å². The first-order valence-electron chi connectivity index (χ1n) is 11.0. The van der Waals surface area contributed by atoms with Crippen molar-refractivity contribution in [3.63, 3.8) is 0 Å². The summed E-state index contributed by atoms with van der Waals surface area (Å²) in [5.41, 5.74) is 2.34. The second-order valence-electron chi connectivity index (χ2n) is 8.30. The Morgan fingerprint density at radius 2 is 2.06 bits per heavy atom. The van der Waals surface area contributed by atoms with Crippen LogP contribution in [0.4, 0.5) is 0 Å². The zero-order valence-electron chi connectivity index (χ0n) is 19.1. The lowest BCUT2D eigenvalue weighted by Crippen LogP contribution is -2.61. The van der Waals surface area contributed by atoms with Gasteiger partial charge in [-0.25, -0.2) is 4.98 Å². The molecule has 0 atom stereocenters. The molecule has 178 valence electrons. The van der Waals surface area contributed by atoms with Crippen molar-refractivity contribution in [3.8, 4) is 0 Å². The van der Waals surface area contributed by atoms with E-state index in [-0.39, 0.29) is 30.3 Å². The quantitative estimate of drug-likeness (QED) is 0.427. The Labute approximate surface area is 210 Å². The molecule has 0 aliphatic carbocycles. The van der Waals surface area contributed by atoms with E-state index in [4.69, 9.17) is 0 Å². The molecule has 1 fully saturated rings. The van der Waals surface area contributed by atoms with Crippen molar-refractivity contribution in [2.75, 3.05) is 19.6 Å². The largest absolute Gasteiger partial charge is 0.352 e. The molecule has 34 heavy (non-hydrogen) atoms. The van der Waals surface area contributed by atoms with E-state index in [1.165, 1.54) is 11.0 Å². The minimum Gasteiger partial charge on any atom is -0.352 e.